The first-order valence-corrected chi connectivity index (χ1v) is 10.6. The van der Waals surface area contributed by atoms with Crippen molar-refractivity contribution in [3.05, 3.63) is 53.6 Å². The SMILES string of the molecule is CCN(c1ccccc1)S(=O)(=O)c1ccc(Cl)c(NC(=O)CNCCOC)c1. The molecule has 0 radical (unpaired) electrons. The highest BCUT2D eigenvalue weighted by molar-refractivity contribution is 7.92. The van der Waals surface area contributed by atoms with Crippen LogP contribution >= 0.6 is 11.6 Å². The van der Waals surface area contributed by atoms with Gasteiger partial charge in [0.25, 0.3) is 10.0 Å². The normalized spacial score (nSPS) is 11.2. The fourth-order valence-corrected chi connectivity index (χ4v) is 4.21. The van der Waals surface area contributed by atoms with Crippen LogP contribution in [0, 0.1) is 0 Å². The van der Waals surface area contributed by atoms with Crippen molar-refractivity contribution in [3.8, 4) is 0 Å². The molecule has 7 nitrogen and oxygen atoms in total. The lowest BCUT2D eigenvalue weighted by Crippen LogP contribution is -2.31. The summed E-state index contributed by atoms with van der Waals surface area (Å²) in [6.45, 7) is 3.08. The molecule has 0 heterocycles. The molecule has 2 aromatic rings. The van der Waals surface area contributed by atoms with Crippen molar-refractivity contribution in [1.82, 2.24) is 5.32 Å². The van der Waals surface area contributed by atoms with Crippen molar-refractivity contribution < 1.29 is 17.9 Å². The molecule has 152 valence electrons. The second kappa shape index (κ2) is 10.4. The predicted octanol–water partition coefficient (Wildman–Crippen LogP) is 2.73. The van der Waals surface area contributed by atoms with E-state index >= 15 is 0 Å². The number of methoxy groups -OCH3 is 1. The van der Waals surface area contributed by atoms with E-state index in [0.717, 1.165) is 0 Å². The molecule has 2 N–H and O–H groups in total. The number of para-hydroxylation sites is 1. The van der Waals surface area contributed by atoms with Crippen molar-refractivity contribution in [3.63, 3.8) is 0 Å². The van der Waals surface area contributed by atoms with Gasteiger partial charge in [-0.2, -0.15) is 0 Å². The summed E-state index contributed by atoms with van der Waals surface area (Å²) in [6.07, 6.45) is 0. The van der Waals surface area contributed by atoms with E-state index in [9.17, 15) is 13.2 Å². The second-order valence-electron chi connectivity index (χ2n) is 5.86. The van der Waals surface area contributed by atoms with Gasteiger partial charge in [-0.05, 0) is 37.3 Å². The Morgan fingerprint density at radius 2 is 1.89 bits per heavy atom. The average Bonchev–Trinajstić information content (AvgIpc) is 2.68. The van der Waals surface area contributed by atoms with Gasteiger partial charge in [0.15, 0.2) is 0 Å². The van der Waals surface area contributed by atoms with E-state index in [4.69, 9.17) is 16.3 Å². The molecule has 1 amide bonds. The third kappa shape index (κ3) is 5.68. The lowest BCUT2D eigenvalue weighted by Gasteiger charge is -2.23. The van der Waals surface area contributed by atoms with Gasteiger partial charge in [0.1, 0.15) is 0 Å². The van der Waals surface area contributed by atoms with Crippen molar-refractivity contribution in [2.24, 2.45) is 0 Å². The molecule has 0 aliphatic rings. The van der Waals surface area contributed by atoms with Crippen molar-refractivity contribution in [1.29, 1.82) is 0 Å². The Morgan fingerprint density at radius 3 is 2.54 bits per heavy atom. The molecular formula is C19H24ClN3O4S. The van der Waals surface area contributed by atoms with E-state index in [2.05, 4.69) is 10.6 Å². The third-order valence-electron chi connectivity index (χ3n) is 3.90. The number of ether oxygens (including phenoxy) is 1. The molecule has 0 spiro atoms. The highest BCUT2D eigenvalue weighted by atomic mass is 35.5. The highest BCUT2D eigenvalue weighted by Gasteiger charge is 2.24. The summed E-state index contributed by atoms with van der Waals surface area (Å²) >= 11 is 6.14. The Labute approximate surface area is 170 Å². The van der Waals surface area contributed by atoms with Crippen LogP contribution in [-0.2, 0) is 19.6 Å². The maximum Gasteiger partial charge on any atom is 0.264 e. The summed E-state index contributed by atoms with van der Waals surface area (Å²) in [5, 5.41) is 5.81. The number of carbonyl (C=O) groups is 1. The molecular weight excluding hydrogens is 402 g/mol. The fraction of sp³-hybridized carbons (Fsp3) is 0.316. The molecule has 0 bridgehead atoms. The summed E-state index contributed by atoms with van der Waals surface area (Å²) < 4.78 is 32.4. The first kappa shape index (κ1) is 22.2. The first-order chi connectivity index (χ1) is 13.4. The zero-order chi connectivity index (χ0) is 20.6. The van der Waals surface area contributed by atoms with Crippen molar-refractivity contribution in [2.75, 3.05) is 43.0 Å². The Morgan fingerprint density at radius 1 is 1.18 bits per heavy atom. The van der Waals surface area contributed by atoms with E-state index in [-0.39, 0.29) is 34.6 Å². The van der Waals surface area contributed by atoms with Crippen LogP contribution in [0.25, 0.3) is 0 Å². The standard InChI is InChI=1S/C19H24ClN3O4S/c1-3-23(15-7-5-4-6-8-15)28(25,26)16-9-10-17(20)18(13-16)22-19(24)14-21-11-12-27-2/h4-10,13,21H,3,11-12,14H2,1-2H3,(H,22,24). The number of amides is 1. The van der Waals surface area contributed by atoms with Crippen molar-refractivity contribution >= 4 is 38.9 Å². The van der Waals surface area contributed by atoms with E-state index in [1.807, 2.05) is 6.07 Å². The lowest BCUT2D eigenvalue weighted by atomic mass is 10.3. The van der Waals surface area contributed by atoms with Crippen LogP contribution < -0.4 is 14.9 Å². The molecule has 0 aliphatic heterocycles. The van der Waals surface area contributed by atoms with E-state index in [1.165, 1.54) is 22.5 Å². The molecule has 2 aromatic carbocycles. The second-order valence-corrected chi connectivity index (χ2v) is 8.13. The molecule has 0 aromatic heterocycles. The minimum absolute atomic E-state index is 0.0465. The maximum atomic E-state index is 13.1. The molecule has 0 fully saturated rings. The molecule has 0 saturated carbocycles. The lowest BCUT2D eigenvalue weighted by molar-refractivity contribution is -0.115. The smallest absolute Gasteiger partial charge is 0.264 e. The number of nitrogens with one attached hydrogen (secondary N) is 2. The van der Waals surface area contributed by atoms with Crippen molar-refractivity contribution in [2.45, 2.75) is 11.8 Å². The number of halogens is 1. The minimum atomic E-state index is -3.81. The van der Waals surface area contributed by atoms with Gasteiger partial charge in [0.2, 0.25) is 5.91 Å². The molecule has 0 atom stereocenters. The molecule has 28 heavy (non-hydrogen) atoms. The quantitative estimate of drug-likeness (QED) is 0.571. The van der Waals surface area contributed by atoms with Gasteiger partial charge in [0.05, 0.1) is 34.4 Å². The van der Waals surface area contributed by atoms with Gasteiger partial charge in [-0.1, -0.05) is 29.8 Å². The number of sulfonamides is 1. The monoisotopic (exact) mass is 425 g/mol. The number of carbonyl (C=O) groups excluding carboxylic acids is 1. The van der Waals surface area contributed by atoms with Gasteiger partial charge in [0, 0.05) is 20.2 Å². The van der Waals surface area contributed by atoms with Crippen LogP contribution in [-0.4, -0.2) is 47.7 Å². The maximum absolute atomic E-state index is 13.1. The van der Waals surface area contributed by atoms with Crippen LogP contribution in [0.3, 0.4) is 0 Å². The molecule has 0 unspecified atom stereocenters. The molecule has 0 aliphatic carbocycles. The number of anilines is 2. The van der Waals surface area contributed by atoms with E-state index < -0.39 is 10.0 Å². The third-order valence-corrected chi connectivity index (χ3v) is 6.13. The largest absolute Gasteiger partial charge is 0.383 e. The van der Waals surface area contributed by atoms with Gasteiger partial charge < -0.3 is 15.4 Å². The zero-order valence-corrected chi connectivity index (χ0v) is 17.4. The van der Waals surface area contributed by atoms with Crippen LogP contribution in [0.4, 0.5) is 11.4 Å². The van der Waals surface area contributed by atoms with Gasteiger partial charge in [-0.3, -0.25) is 9.10 Å². The Balaban J connectivity index is 2.22. The van der Waals surface area contributed by atoms with Crippen LogP contribution in [0.1, 0.15) is 6.92 Å². The van der Waals surface area contributed by atoms with E-state index in [1.54, 1.807) is 38.3 Å². The van der Waals surface area contributed by atoms with Crippen LogP contribution in [0.2, 0.25) is 5.02 Å². The topological polar surface area (TPSA) is 87.7 Å². The van der Waals surface area contributed by atoms with E-state index in [0.29, 0.717) is 18.8 Å². The highest BCUT2D eigenvalue weighted by Crippen LogP contribution is 2.29. The number of hydrogen-bond acceptors (Lipinski definition) is 5. The summed E-state index contributed by atoms with van der Waals surface area (Å²) in [4.78, 5) is 12.1. The zero-order valence-electron chi connectivity index (χ0n) is 15.8. The summed E-state index contributed by atoms with van der Waals surface area (Å²) in [7, 11) is -2.24. The number of rotatable bonds is 10. The molecule has 9 heteroatoms. The minimum Gasteiger partial charge on any atom is -0.383 e. The predicted molar refractivity (Wildman–Crippen MR) is 111 cm³/mol. The Bertz CT molecular complexity index is 891. The van der Waals surface area contributed by atoms with Gasteiger partial charge >= 0.3 is 0 Å². The number of nitrogens with zero attached hydrogens (tertiary/aromatic N) is 1. The number of hydrogen-bond donors (Lipinski definition) is 2. The average molecular weight is 426 g/mol. The van der Waals surface area contributed by atoms with Crippen LogP contribution in [0.5, 0.6) is 0 Å². The summed E-state index contributed by atoms with van der Waals surface area (Å²) in [6, 6.07) is 13.1. The number of benzene rings is 2. The first-order valence-electron chi connectivity index (χ1n) is 8.77. The summed E-state index contributed by atoms with van der Waals surface area (Å²) in [5.41, 5.74) is 0.804. The van der Waals surface area contributed by atoms with Gasteiger partial charge in [-0.25, -0.2) is 8.42 Å². The summed E-state index contributed by atoms with van der Waals surface area (Å²) in [5.74, 6) is -0.331. The Kier molecular flexibility index (Phi) is 8.25. The van der Waals surface area contributed by atoms with Crippen LogP contribution in [0.15, 0.2) is 53.4 Å². The Hall–Kier alpha value is -2.13. The molecule has 0 saturated heterocycles. The molecule has 2 rings (SSSR count). The van der Waals surface area contributed by atoms with Gasteiger partial charge in [-0.15, -0.1) is 0 Å². The fourth-order valence-electron chi connectivity index (χ4n) is 2.54.